The predicted molar refractivity (Wildman–Crippen MR) is 44.0 cm³/mol. The number of carbonyl (C=O) groups excluding carboxylic acids is 2. The molecule has 1 aromatic heterocycles. The molecule has 0 saturated carbocycles. The summed E-state index contributed by atoms with van der Waals surface area (Å²) in [4.78, 5) is 21.4. The number of hydrogen-bond acceptors (Lipinski definition) is 3. The van der Waals surface area contributed by atoms with Crippen molar-refractivity contribution in [1.82, 2.24) is 0 Å². The van der Waals surface area contributed by atoms with E-state index in [-0.39, 0.29) is 5.78 Å². The van der Waals surface area contributed by atoms with E-state index in [4.69, 9.17) is 0 Å². The molecule has 4 heteroatoms. The Kier molecular flexibility index (Phi) is 2.38. The van der Waals surface area contributed by atoms with Gasteiger partial charge in [0.15, 0.2) is 5.78 Å². The molecule has 11 heavy (non-hydrogen) atoms. The fourth-order valence-corrected chi connectivity index (χ4v) is 1.42. The SMILES string of the molecule is CC(=O)c1cc(NC=O)cs1. The molecule has 3 nitrogen and oxygen atoms in total. The minimum atomic E-state index is 0.0222. The summed E-state index contributed by atoms with van der Waals surface area (Å²) in [6.07, 6.45) is 0.589. The minimum absolute atomic E-state index is 0.0222. The molecule has 58 valence electrons. The van der Waals surface area contributed by atoms with Crippen LogP contribution >= 0.6 is 11.3 Å². The van der Waals surface area contributed by atoms with Crippen molar-refractivity contribution in [3.63, 3.8) is 0 Å². The molecule has 0 atom stereocenters. The quantitative estimate of drug-likeness (QED) is 0.550. The zero-order valence-electron chi connectivity index (χ0n) is 5.96. The van der Waals surface area contributed by atoms with Gasteiger partial charge in [0.05, 0.1) is 10.6 Å². The Morgan fingerprint density at radius 1 is 1.73 bits per heavy atom. The van der Waals surface area contributed by atoms with Gasteiger partial charge in [0, 0.05) is 5.38 Å². The van der Waals surface area contributed by atoms with Gasteiger partial charge < -0.3 is 5.32 Å². The van der Waals surface area contributed by atoms with Crippen LogP contribution in [0, 0.1) is 0 Å². The van der Waals surface area contributed by atoms with Crippen LogP contribution in [0.2, 0.25) is 0 Å². The second-order valence-electron chi connectivity index (χ2n) is 2.02. The third kappa shape index (κ3) is 1.88. The number of thiophene rings is 1. The molecule has 0 radical (unpaired) electrons. The summed E-state index contributed by atoms with van der Waals surface area (Å²) in [7, 11) is 0. The Hall–Kier alpha value is -1.16. The smallest absolute Gasteiger partial charge is 0.211 e. The first-order chi connectivity index (χ1) is 5.24. The third-order valence-corrected chi connectivity index (χ3v) is 2.20. The number of amides is 1. The van der Waals surface area contributed by atoms with E-state index in [1.54, 1.807) is 11.4 Å². The van der Waals surface area contributed by atoms with Gasteiger partial charge in [0.2, 0.25) is 6.41 Å². The lowest BCUT2D eigenvalue weighted by Crippen LogP contribution is -1.91. The Morgan fingerprint density at radius 3 is 2.91 bits per heavy atom. The van der Waals surface area contributed by atoms with Crippen LogP contribution in [0.15, 0.2) is 11.4 Å². The molecule has 0 saturated heterocycles. The average molecular weight is 169 g/mol. The van der Waals surface area contributed by atoms with Crippen molar-refractivity contribution in [3.8, 4) is 0 Å². The van der Waals surface area contributed by atoms with Crippen LogP contribution < -0.4 is 5.32 Å². The van der Waals surface area contributed by atoms with Gasteiger partial charge >= 0.3 is 0 Å². The molecule has 1 N–H and O–H groups in total. The largest absolute Gasteiger partial charge is 0.328 e. The van der Waals surface area contributed by atoms with E-state index in [0.29, 0.717) is 17.0 Å². The summed E-state index contributed by atoms with van der Waals surface area (Å²) in [5, 5.41) is 4.19. The summed E-state index contributed by atoms with van der Waals surface area (Å²) >= 11 is 1.33. The Morgan fingerprint density at radius 2 is 2.45 bits per heavy atom. The number of ketones is 1. The first kappa shape index (κ1) is 7.94. The van der Waals surface area contributed by atoms with Gasteiger partial charge in [0.1, 0.15) is 0 Å². The van der Waals surface area contributed by atoms with Crippen molar-refractivity contribution in [3.05, 3.63) is 16.3 Å². The highest BCUT2D eigenvalue weighted by Crippen LogP contribution is 2.18. The van der Waals surface area contributed by atoms with E-state index < -0.39 is 0 Å². The lowest BCUT2D eigenvalue weighted by Gasteiger charge is -1.87. The van der Waals surface area contributed by atoms with Crippen molar-refractivity contribution in [1.29, 1.82) is 0 Å². The zero-order valence-corrected chi connectivity index (χ0v) is 6.77. The van der Waals surface area contributed by atoms with Gasteiger partial charge in [-0.25, -0.2) is 0 Å². The lowest BCUT2D eigenvalue weighted by molar-refractivity contribution is -0.105. The van der Waals surface area contributed by atoms with Crippen LogP contribution in [0.25, 0.3) is 0 Å². The normalized spacial score (nSPS) is 9.18. The molecule has 0 aliphatic carbocycles. The lowest BCUT2D eigenvalue weighted by atomic mass is 10.3. The Labute approximate surface area is 68.0 Å². The standard InChI is InChI=1S/C7H7NO2S/c1-5(10)7-2-6(3-11-7)8-4-9/h2-4H,1H3,(H,8,9). The van der Waals surface area contributed by atoms with Crippen molar-refractivity contribution in [2.45, 2.75) is 6.92 Å². The van der Waals surface area contributed by atoms with Gasteiger partial charge in [0.25, 0.3) is 0 Å². The fraction of sp³-hybridized carbons (Fsp3) is 0.143. The third-order valence-electron chi connectivity index (χ3n) is 1.17. The summed E-state index contributed by atoms with van der Waals surface area (Å²) < 4.78 is 0. The molecular formula is C7H7NO2S. The van der Waals surface area contributed by atoms with Crippen molar-refractivity contribution in [2.75, 3.05) is 5.32 Å². The van der Waals surface area contributed by atoms with E-state index >= 15 is 0 Å². The Bertz CT molecular complexity index is 280. The number of nitrogens with one attached hydrogen (secondary N) is 1. The zero-order chi connectivity index (χ0) is 8.27. The maximum atomic E-state index is 10.8. The number of anilines is 1. The van der Waals surface area contributed by atoms with Gasteiger partial charge in [-0.1, -0.05) is 0 Å². The average Bonchev–Trinajstić information content (AvgIpc) is 2.37. The molecule has 0 aliphatic rings. The Balaban J connectivity index is 2.81. The van der Waals surface area contributed by atoms with Crippen LogP contribution in [-0.2, 0) is 4.79 Å². The van der Waals surface area contributed by atoms with E-state index in [1.807, 2.05) is 0 Å². The number of hydrogen-bond donors (Lipinski definition) is 1. The molecule has 1 heterocycles. The summed E-state index contributed by atoms with van der Waals surface area (Å²) in [5.74, 6) is 0.0222. The van der Waals surface area contributed by atoms with Crippen molar-refractivity contribution >= 4 is 29.2 Å². The second kappa shape index (κ2) is 3.30. The maximum Gasteiger partial charge on any atom is 0.211 e. The van der Waals surface area contributed by atoms with Gasteiger partial charge in [-0.05, 0) is 13.0 Å². The molecule has 0 fully saturated rings. The molecule has 1 aromatic rings. The number of rotatable bonds is 3. The van der Waals surface area contributed by atoms with Crippen molar-refractivity contribution in [2.24, 2.45) is 0 Å². The van der Waals surface area contributed by atoms with Crippen LogP contribution in [0.4, 0.5) is 5.69 Å². The topological polar surface area (TPSA) is 46.2 Å². The molecule has 0 spiro atoms. The number of carbonyl (C=O) groups is 2. The van der Waals surface area contributed by atoms with Gasteiger partial charge in [-0.15, -0.1) is 11.3 Å². The summed E-state index contributed by atoms with van der Waals surface area (Å²) in [6.45, 7) is 1.50. The molecule has 1 rings (SSSR count). The first-order valence-corrected chi connectivity index (χ1v) is 3.91. The van der Waals surface area contributed by atoms with Crippen molar-refractivity contribution < 1.29 is 9.59 Å². The van der Waals surface area contributed by atoms with E-state index in [2.05, 4.69) is 5.32 Å². The molecule has 0 bridgehead atoms. The molecule has 1 amide bonds. The van der Waals surface area contributed by atoms with Crippen LogP contribution in [0.3, 0.4) is 0 Å². The fourth-order valence-electron chi connectivity index (χ4n) is 0.665. The van der Waals surface area contributed by atoms with Gasteiger partial charge in [-0.3, -0.25) is 9.59 Å². The maximum absolute atomic E-state index is 10.8. The summed E-state index contributed by atoms with van der Waals surface area (Å²) in [6, 6.07) is 1.65. The van der Waals surface area contributed by atoms with E-state index in [9.17, 15) is 9.59 Å². The van der Waals surface area contributed by atoms with Gasteiger partial charge in [-0.2, -0.15) is 0 Å². The van der Waals surface area contributed by atoms with Crippen LogP contribution in [0.5, 0.6) is 0 Å². The van der Waals surface area contributed by atoms with E-state index in [1.165, 1.54) is 18.3 Å². The van der Waals surface area contributed by atoms with Crippen LogP contribution in [-0.4, -0.2) is 12.2 Å². The molecular weight excluding hydrogens is 162 g/mol. The second-order valence-corrected chi connectivity index (χ2v) is 2.93. The monoisotopic (exact) mass is 169 g/mol. The molecule has 0 aromatic carbocycles. The molecule has 0 aliphatic heterocycles. The summed E-state index contributed by atoms with van der Waals surface area (Å²) in [5.41, 5.74) is 0.676. The minimum Gasteiger partial charge on any atom is -0.328 e. The predicted octanol–water partition coefficient (Wildman–Crippen LogP) is 1.52. The highest BCUT2D eigenvalue weighted by atomic mass is 32.1. The first-order valence-electron chi connectivity index (χ1n) is 3.03. The number of Topliss-reactive ketones (excluding diaryl/α,β-unsaturated/α-hetero) is 1. The van der Waals surface area contributed by atoms with E-state index in [0.717, 1.165) is 0 Å². The highest BCUT2D eigenvalue weighted by molar-refractivity contribution is 7.12. The highest BCUT2D eigenvalue weighted by Gasteiger charge is 2.02. The van der Waals surface area contributed by atoms with Crippen LogP contribution in [0.1, 0.15) is 16.6 Å². The molecule has 0 unspecified atom stereocenters.